The molecule has 200 valence electrons. The molecule has 0 heterocycles. The third-order valence-electron chi connectivity index (χ3n) is 9.03. The summed E-state index contributed by atoms with van der Waals surface area (Å²) in [6.07, 6.45) is 0. The van der Waals surface area contributed by atoms with Crippen LogP contribution in [0.1, 0.15) is 27.7 Å². The smallest absolute Gasteiger partial charge is 0.423 e. The van der Waals surface area contributed by atoms with Gasteiger partial charge in [0.25, 0.3) is 0 Å². The van der Waals surface area contributed by atoms with E-state index < -0.39 is 12.7 Å². The molecule has 1 N–H and O–H groups in total. The van der Waals surface area contributed by atoms with Crippen molar-refractivity contribution in [1.82, 2.24) is 0 Å². The molecule has 7 rings (SSSR count). The highest BCUT2D eigenvalue weighted by Crippen LogP contribution is 2.57. The molecule has 0 fully saturated rings. The lowest BCUT2D eigenvalue weighted by Gasteiger charge is -2.31. The Morgan fingerprint density at radius 2 is 1.05 bits per heavy atom. The summed E-state index contributed by atoms with van der Waals surface area (Å²) >= 11 is 0. The second-order valence-electron chi connectivity index (χ2n) is 11.9. The third kappa shape index (κ3) is 4.03. The number of fused-ring (bicyclic) bond motifs is 4. The van der Waals surface area contributed by atoms with Crippen molar-refractivity contribution in [2.75, 3.05) is 0 Å². The van der Waals surface area contributed by atoms with Gasteiger partial charge in [-0.05, 0) is 91.3 Å². The third-order valence-corrected chi connectivity index (χ3v) is 9.03. The molecule has 6 aromatic rings. The molecule has 0 atom stereocenters. The van der Waals surface area contributed by atoms with Gasteiger partial charge in [-0.2, -0.15) is 0 Å². The van der Waals surface area contributed by atoms with Crippen LogP contribution in [0.25, 0.3) is 66.1 Å². The zero-order valence-corrected chi connectivity index (χ0v) is 24.0. The van der Waals surface area contributed by atoms with Crippen molar-refractivity contribution >= 4 is 34.1 Å². The monoisotopic (exact) mass is 532 g/mol. The lowest BCUT2D eigenvalue weighted by atomic mass is 9.74. The summed E-state index contributed by atoms with van der Waals surface area (Å²) in [5, 5.41) is 16.1. The normalized spacial score (nSPS) is 12.3. The average Bonchev–Trinajstić information content (AvgIpc) is 3.31. The molecule has 0 radical (unpaired) electrons. The average molecular weight is 532 g/mol. The van der Waals surface area contributed by atoms with E-state index in [1.165, 1.54) is 60.7 Å². The minimum Gasteiger partial charge on any atom is -0.423 e. The maximum atomic E-state index is 11.4. The van der Waals surface area contributed by atoms with Crippen molar-refractivity contribution < 1.29 is 9.68 Å². The first kappa shape index (κ1) is 25.8. The van der Waals surface area contributed by atoms with Crippen LogP contribution in [0.4, 0.5) is 0 Å². The SMILES string of the molecule is CC(C)C(C)(C)OB(O)c1ccc2c3c(cccc13)-c1c-2c(-c2ccccc2)c2ccccc2c1-c1ccccc1. The molecule has 1 aliphatic carbocycles. The topological polar surface area (TPSA) is 29.5 Å². The Hall–Kier alpha value is -4.18. The lowest BCUT2D eigenvalue weighted by Crippen LogP contribution is -2.44. The van der Waals surface area contributed by atoms with Gasteiger partial charge in [-0.25, -0.2) is 0 Å². The van der Waals surface area contributed by atoms with Crippen molar-refractivity contribution in [1.29, 1.82) is 0 Å². The van der Waals surface area contributed by atoms with Crippen LogP contribution in [0, 0.1) is 5.92 Å². The molecular weight excluding hydrogens is 499 g/mol. The van der Waals surface area contributed by atoms with Crippen molar-refractivity contribution in [2.24, 2.45) is 5.92 Å². The summed E-state index contributed by atoms with van der Waals surface area (Å²) in [7, 11) is -1.03. The Morgan fingerprint density at radius 1 is 0.561 bits per heavy atom. The maximum absolute atomic E-state index is 11.4. The Morgan fingerprint density at radius 3 is 1.59 bits per heavy atom. The summed E-state index contributed by atoms with van der Waals surface area (Å²) in [4.78, 5) is 0. The summed E-state index contributed by atoms with van der Waals surface area (Å²) in [6, 6.07) is 41.0. The largest absolute Gasteiger partial charge is 0.492 e. The number of hydrogen-bond acceptors (Lipinski definition) is 2. The van der Waals surface area contributed by atoms with Crippen LogP contribution in [-0.4, -0.2) is 17.7 Å². The molecule has 0 unspecified atom stereocenters. The minimum absolute atomic E-state index is 0.257. The van der Waals surface area contributed by atoms with Crippen LogP contribution in [-0.2, 0) is 4.65 Å². The molecule has 0 spiro atoms. The van der Waals surface area contributed by atoms with E-state index in [1.807, 2.05) is 13.8 Å². The van der Waals surface area contributed by atoms with Crippen LogP contribution >= 0.6 is 0 Å². The van der Waals surface area contributed by atoms with E-state index in [0.717, 1.165) is 10.8 Å². The minimum atomic E-state index is -1.03. The Balaban J connectivity index is 1.59. The van der Waals surface area contributed by atoms with Crippen molar-refractivity contribution in [3.8, 4) is 44.5 Å². The van der Waals surface area contributed by atoms with Gasteiger partial charge < -0.3 is 9.68 Å². The van der Waals surface area contributed by atoms with Gasteiger partial charge in [-0.3, -0.25) is 0 Å². The summed E-state index contributed by atoms with van der Waals surface area (Å²) in [5.41, 5.74) is 10.1. The molecule has 0 aromatic heterocycles. The fourth-order valence-electron chi connectivity index (χ4n) is 6.34. The number of benzene rings is 6. The molecule has 0 saturated heterocycles. The molecule has 0 aliphatic heterocycles. The Labute approximate surface area is 242 Å². The van der Waals surface area contributed by atoms with Gasteiger partial charge in [0.1, 0.15) is 0 Å². The quantitative estimate of drug-likeness (QED) is 0.217. The second kappa shape index (κ2) is 9.73. The van der Waals surface area contributed by atoms with E-state index in [2.05, 4.69) is 129 Å². The summed E-state index contributed by atoms with van der Waals surface area (Å²) in [5.74, 6) is 0.257. The fourth-order valence-corrected chi connectivity index (χ4v) is 6.34. The summed E-state index contributed by atoms with van der Waals surface area (Å²) < 4.78 is 6.28. The van der Waals surface area contributed by atoms with E-state index in [4.69, 9.17) is 4.65 Å². The first-order valence-corrected chi connectivity index (χ1v) is 14.5. The van der Waals surface area contributed by atoms with Crippen LogP contribution in [0.3, 0.4) is 0 Å². The van der Waals surface area contributed by atoms with Crippen LogP contribution in [0.5, 0.6) is 0 Å². The van der Waals surface area contributed by atoms with Gasteiger partial charge in [-0.1, -0.05) is 129 Å². The highest BCUT2D eigenvalue weighted by atomic mass is 16.5. The molecule has 1 aliphatic rings. The van der Waals surface area contributed by atoms with Crippen LogP contribution in [0.2, 0.25) is 0 Å². The van der Waals surface area contributed by atoms with Crippen LogP contribution in [0.15, 0.2) is 115 Å². The van der Waals surface area contributed by atoms with Gasteiger partial charge in [0.2, 0.25) is 0 Å². The van der Waals surface area contributed by atoms with E-state index in [-0.39, 0.29) is 5.92 Å². The molecule has 41 heavy (non-hydrogen) atoms. The van der Waals surface area contributed by atoms with Gasteiger partial charge in [0.05, 0.1) is 5.60 Å². The highest BCUT2D eigenvalue weighted by molar-refractivity contribution is 6.63. The van der Waals surface area contributed by atoms with E-state index >= 15 is 0 Å². The predicted molar refractivity (Wildman–Crippen MR) is 174 cm³/mol. The standard InChI is InChI=1S/C38H33BO2/c1-24(2)38(3,4)41-39(40)32-23-22-31-35-29(32)20-13-21-30(35)36-33(25-14-7-5-8-15-25)27-18-11-12-19-28(27)34(37(31)36)26-16-9-6-10-17-26/h5-24,40H,1-4H3. The van der Waals surface area contributed by atoms with E-state index in [9.17, 15) is 5.02 Å². The molecule has 0 saturated carbocycles. The molecule has 3 heteroatoms. The van der Waals surface area contributed by atoms with Crippen molar-refractivity contribution in [2.45, 2.75) is 33.3 Å². The van der Waals surface area contributed by atoms with Gasteiger partial charge in [-0.15, -0.1) is 0 Å². The molecular formula is C38H33BO2. The number of rotatable bonds is 6. The van der Waals surface area contributed by atoms with Gasteiger partial charge >= 0.3 is 7.12 Å². The lowest BCUT2D eigenvalue weighted by molar-refractivity contribution is 0.0424. The zero-order valence-electron chi connectivity index (χ0n) is 24.0. The Kier molecular flexibility index (Phi) is 6.12. The molecule has 0 bridgehead atoms. The van der Waals surface area contributed by atoms with Crippen LogP contribution < -0.4 is 5.46 Å². The fraction of sp³-hybridized carbons (Fsp3) is 0.158. The zero-order chi connectivity index (χ0) is 28.3. The molecule has 2 nitrogen and oxygen atoms in total. The van der Waals surface area contributed by atoms with Crippen molar-refractivity contribution in [3.63, 3.8) is 0 Å². The van der Waals surface area contributed by atoms with Gasteiger partial charge in [0, 0.05) is 0 Å². The molecule has 0 amide bonds. The maximum Gasteiger partial charge on any atom is 0.492 e. The van der Waals surface area contributed by atoms with E-state index in [0.29, 0.717) is 0 Å². The summed E-state index contributed by atoms with van der Waals surface area (Å²) in [6.45, 7) is 8.33. The first-order valence-electron chi connectivity index (χ1n) is 14.5. The predicted octanol–water partition coefficient (Wildman–Crippen LogP) is 9.11. The molecule has 6 aromatic carbocycles. The number of hydrogen-bond donors (Lipinski definition) is 1. The van der Waals surface area contributed by atoms with Crippen molar-refractivity contribution in [3.05, 3.63) is 115 Å². The first-order chi connectivity index (χ1) is 19.9. The van der Waals surface area contributed by atoms with E-state index in [1.54, 1.807) is 0 Å². The Bertz CT molecular complexity index is 1830. The second-order valence-corrected chi connectivity index (χ2v) is 11.9. The highest BCUT2D eigenvalue weighted by Gasteiger charge is 2.35. The van der Waals surface area contributed by atoms with Gasteiger partial charge in [0.15, 0.2) is 0 Å².